The third kappa shape index (κ3) is 3.75. The van der Waals surface area contributed by atoms with Gasteiger partial charge in [-0.15, -0.1) is 17.9 Å². The van der Waals surface area contributed by atoms with Crippen LogP contribution in [0.1, 0.15) is 11.1 Å². The lowest BCUT2D eigenvalue weighted by atomic mass is 10.1. The van der Waals surface area contributed by atoms with Gasteiger partial charge in [-0.3, -0.25) is 9.98 Å². The monoisotopic (exact) mass is 334 g/mol. The number of rotatable bonds is 5. The van der Waals surface area contributed by atoms with E-state index in [-0.39, 0.29) is 0 Å². The van der Waals surface area contributed by atoms with E-state index in [1.54, 1.807) is 36.0 Å². The van der Waals surface area contributed by atoms with Gasteiger partial charge in [0.25, 0.3) is 0 Å². The zero-order valence-corrected chi connectivity index (χ0v) is 14.3. The average Bonchev–Trinajstić information content (AvgIpc) is 3.02. The van der Waals surface area contributed by atoms with Crippen LogP contribution in [0.4, 0.5) is 0 Å². The molecular weight excluding hydrogens is 316 g/mol. The second-order valence-corrected chi connectivity index (χ2v) is 6.08. The molecule has 0 aliphatic carbocycles. The van der Waals surface area contributed by atoms with Gasteiger partial charge in [-0.2, -0.15) is 5.10 Å². The summed E-state index contributed by atoms with van der Waals surface area (Å²) in [5.74, 6) is 0. The zero-order chi connectivity index (χ0) is 16.8. The van der Waals surface area contributed by atoms with E-state index in [2.05, 4.69) is 58.2 Å². The quantitative estimate of drug-likeness (QED) is 0.515. The number of aromatic nitrogens is 2. The number of hydrogen-bond acceptors (Lipinski definition) is 4. The van der Waals surface area contributed by atoms with Gasteiger partial charge in [0, 0.05) is 28.9 Å². The maximum Gasteiger partial charge on any atom is 0.206 e. The van der Waals surface area contributed by atoms with Gasteiger partial charge in [0.15, 0.2) is 0 Å². The molecule has 0 radical (unpaired) electrons. The normalized spacial score (nSPS) is 12.0. The Morgan fingerprint density at radius 2 is 2.08 bits per heavy atom. The van der Waals surface area contributed by atoms with E-state index in [4.69, 9.17) is 0 Å². The van der Waals surface area contributed by atoms with E-state index < -0.39 is 0 Å². The molecule has 0 aliphatic rings. The van der Waals surface area contributed by atoms with Gasteiger partial charge in [0.05, 0.1) is 18.5 Å². The fraction of sp³-hybridized carbons (Fsp3) is 0.105. The highest BCUT2D eigenvalue weighted by atomic mass is 32.1. The molecule has 2 aromatic heterocycles. The fourth-order valence-electron chi connectivity index (χ4n) is 2.16. The topological polar surface area (TPSA) is 42.5 Å². The predicted octanol–water partition coefficient (Wildman–Crippen LogP) is 3.89. The molecule has 120 valence electrons. The van der Waals surface area contributed by atoms with E-state index in [0.717, 1.165) is 21.6 Å². The van der Waals surface area contributed by atoms with Gasteiger partial charge in [-0.25, -0.2) is 4.68 Å². The van der Waals surface area contributed by atoms with Crippen molar-refractivity contribution in [3.05, 3.63) is 82.8 Å². The summed E-state index contributed by atoms with van der Waals surface area (Å²) in [6, 6.07) is 12.3. The lowest BCUT2D eigenvalue weighted by Gasteiger charge is -2.04. The minimum absolute atomic E-state index is 0.566. The minimum Gasteiger partial charge on any atom is -0.264 e. The minimum atomic E-state index is 0.566. The number of pyridine rings is 1. The summed E-state index contributed by atoms with van der Waals surface area (Å²) in [5.41, 5.74) is 4.31. The fourth-order valence-corrected chi connectivity index (χ4v) is 3.01. The molecule has 0 amide bonds. The average molecular weight is 334 g/mol. The molecule has 3 aromatic rings. The highest BCUT2D eigenvalue weighted by molar-refractivity contribution is 7.07. The Kier molecular flexibility index (Phi) is 5.13. The Balaban J connectivity index is 2.06. The molecule has 0 aliphatic heterocycles. The van der Waals surface area contributed by atoms with Gasteiger partial charge in [0.1, 0.15) is 0 Å². The molecule has 0 spiro atoms. The molecule has 2 heterocycles. The molecule has 3 rings (SSSR count). The Hall–Kier alpha value is -2.79. The molecule has 5 heteroatoms. The molecule has 0 saturated carbocycles. The van der Waals surface area contributed by atoms with Crippen molar-refractivity contribution in [2.45, 2.75) is 6.92 Å². The second kappa shape index (κ2) is 7.66. The summed E-state index contributed by atoms with van der Waals surface area (Å²) in [6.07, 6.45) is 7.10. The van der Waals surface area contributed by atoms with E-state index in [1.165, 1.54) is 5.56 Å². The van der Waals surface area contributed by atoms with Crippen molar-refractivity contribution in [1.82, 2.24) is 9.66 Å². The van der Waals surface area contributed by atoms with Crippen molar-refractivity contribution in [3.63, 3.8) is 0 Å². The van der Waals surface area contributed by atoms with E-state index in [1.807, 2.05) is 16.8 Å². The number of hydrogen-bond donors (Lipinski definition) is 0. The lowest BCUT2D eigenvalue weighted by Crippen LogP contribution is -2.12. The van der Waals surface area contributed by atoms with E-state index in [0.29, 0.717) is 6.54 Å². The first kappa shape index (κ1) is 16.1. The van der Waals surface area contributed by atoms with Crippen LogP contribution in [0.3, 0.4) is 0 Å². The van der Waals surface area contributed by atoms with Gasteiger partial charge in [-0.1, -0.05) is 42.0 Å². The number of aryl methyl sites for hydroxylation is 1. The Morgan fingerprint density at radius 3 is 2.79 bits per heavy atom. The first-order chi connectivity index (χ1) is 11.8. The SMILES string of the molecule is C=CCN=c1scc(-c2ccc(C)cc2)n1N=Cc1cccnc1. The largest absolute Gasteiger partial charge is 0.264 e. The van der Waals surface area contributed by atoms with Crippen molar-refractivity contribution in [1.29, 1.82) is 0 Å². The van der Waals surface area contributed by atoms with Crippen LogP contribution in [0, 0.1) is 6.92 Å². The van der Waals surface area contributed by atoms with E-state index >= 15 is 0 Å². The maximum atomic E-state index is 4.62. The smallest absolute Gasteiger partial charge is 0.206 e. The van der Waals surface area contributed by atoms with Crippen molar-refractivity contribution in [2.75, 3.05) is 6.54 Å². The number of benzene rings is 1. The Labute approximate surface area is 145 Å². The van der Waals surface area contributed by atoms with E-state index in [9.17, 15) is 0 Å². The summed E-state index contributed by atoms with van der Waals surface area (Å²) >= 11 is 1.57. The van der Waals surface area contributed by atoms with Crippen molar-refractivity contribution < 1.29 is 0 Å². The first-order valence-electron chi connectivity index (χ1n) is 7.61. The molecular formula is C19H18N4S. The van der Waals surface area contributed by atoms with Crippen LogP contribution in [0.15, 0.2) is 76.9 Å². The molecule has 0 fully saturated rings. The van der Waals surface area contributed by atoms with Gasteiger partial charge in [0.2, 0.25) is 4.80 Å². The molecule has 0 unspecified atom stereocenters. The van der Waals surface area contributed by atoms with Gasteiger partial charge < -0.3 is 0 Å². The zero-order valence-electron chi connectivity index (χ0n) is 13.5. The molecule has 1 aromatic carbocycles. The summed E-state index contributed by atoms with van der Waals surface area (Å²) in [4.78, 5) is 9.49. The highest BCUT2D eigenvalue weighted by Gasteiger charge is 2.07. The van der Waals surface area contributed by atoms with Crippen LogP contribution in [-0.2, 0) is 0 Å². The third-order valence-electron chi connectivity index (χ3n) is 3.40. The van der Waals surface area contributed by atoms with Crippen LogP contribution < -0.4 is 4.80 Å². The summed E-state index contributed by atoms with van der Waals surface area (Å²) in [6.45, 7) is 6.37. The first-order valence-corrected chi connectivity index (χ1v) is 8.49. The molecule has 0 saturated heterocycles. The molecule has 0 N–H and O–H groups in total. The van der Waals surface area contributed by atoms with Crippen molar-refractivity contribution in [3.8, 4) is 11.3 Å². The van der Waals surface area contributed by atoms with Crippen LogP contribution in [0.5, 0.6) is 0 Å². The van der Waals surface area contributed by atoms with Crippen LogP contribution in [0.25, 0.3) is 11.3 Å². The van der Waals surface area contributed by atoms with Crippen LogP contribution in [-0.4, -0.2) is 22.4 Å². The standard InChI is InChI=1S/C19H18N4S/c1-3-10-21-19-23(22-13-16-5-4-11-20-12-16)18(14-24-19)17-8-6-15(2)7-9-17/h3-9,11-14H,1,10H2,2H3. The van der Waals surface area contributed by atoms with Gasteiger partial charge >= 0.3 is 0 Å². The summed E-state index contributed by atoms with van der Waals surface area (Å²) in [7, 11) is 0. The van der Waals surface area contributed by atoms with Crippen molar-refractivity contribution >= 4 is 17.6 Å². The van der Waals surface area contributed by atoms with Crippen molar-refractivity contribution in [2.24, 2.45) is 10.1 Å². The number of nitrogens with zero attached hydrogens (tertiary/aromatic N) is 4. The predicted molar refractivity (Wildman–Crippen MR) is 100 cm³/mol. The molecule has 4 nitrogen and oxygen atoms in total. The van der Waals surface area contributed by atoms with Crippen LogP contribution in [0.2, 0.25) is 0 Å². The highest BCUT2D eigenvalue weighted by Crippen LogP contribution is 2.20. The summed E-state index contributed by atoms with van der Waals surface area (Å²) < 4.78 is 1.87. The maximum absolute atomic E-state index is 4.62. The third-order valence-corrected chi connectivity index (χ3v) is 4.25. The Bertz CT molecular complexity index is 903. The van der Waals surface area contributed by atoms with Gasteiger partial charge in [-0.05, 0) is 13.0 Å². The molecule has 24 heavy (non-hydrogen) atoms. The molecule has 0 bridgehead atoms. The Morgan fingerprint density at radius 1 is 1.25 bits per heavy atom. The molecule has 0 atom stereocenters. The summed E-state index contributed by atoms with van der Waals surface area (Å²) in [5, 5.41) is 6.70. The van der Waals surface area contributed by atoms with Crippen LogP contribution >= 0.6 is 11.3 Å². The lowest BCUT2D eigenvalue weighted by molar-refractivity contribution is 0.840. The second-order valence-electron chi connectivity index (χ2n) is 5.24. The number of thiazole rings is 1.